The Kier molecular flexibility index (Phi) is 14.3. The second-order valence-electron chi connectivity index (χ2n) is 11.9. The number of para-hydroxylation sites is 2. The van der Waals surface area contributed by atoms with Crippen molar-refractivity contribution in [3.63, 3.8) is 0 Å². The van der Waals surface area contributed by atoms with Gasteiger partial charge in [-0.3, -0.25) is 9.59 Å². The van der Waals surface area contributed by atoms with Crippen molar-refractivity contribution in [2.45, 2.75) is 0 Å². The Morgan fingerprint density at radius 2 is 1.00 bits per heavy atom. The van der Waals surface area contributed by atoms with Gasteiger partial charge in [0.15, 0.2) is 0 Å². The van der Waals surface area contributed by atoms with Crippen LogP contribution in [0.4, 0.5) is 11.4 Å². The standard InChI is InChI=1S/C38H26Cl2N2O9.C6H6O/c1-2-49-25-10-12-27(37(45)46)29(20-25)35(43)41-33-14-8-22(18-31(33)39)23-9-15-34(32(40)19-23)42-36(44)30-21-26(11-13-28(30)38(47)48)51-17-16-50-24-6-4-3-5-7-24;7-6-4-2-1-3-5-6/h1,3-15,18-21H,16-17H2,(H,41,43)(H,42,44)(H,45,46)(H,47,48);1-5,7H. The van der Waals surface area contributed by atoms with Gasteiger partial charge in [-0.15, -0.1) is 0 Å². The first-order valence-corrected chi connectivity index (χ1v) is 17.8. The Hall–Kier alpha value is -7.46. The molecule has 5 N–H and O–H groups in total. The molecule has 0 radical (unpaired) electrons. The van der Waals surface area contributed by atoms with Crippen molar-refractivity contribution in [2.75, 3.05) is 23.8 Å². The molecule has 0 aliphatic rings. The third-order valence-corrected chi connectivity index (χ3v) is 8.62. The topological polar surface area (TPSA) is 181 Å². The summed E-state index contributed by atoms with van der Waals surface area (Å²) in [5.74, 6) is -2.73. The van der Waals surface area contributed by atoms with Crippen molar-refractivity contribution >= 4 is 58.3 Å². The fourth-order valence-corrected chi connectivity index (χ4v) is 5.71. The number of halogens is 2. The van der Waals surface area contributed by atoms with Crippen molar-refractivity contribution < 1.29 is 48.7 Å². The fraction of sp³-hybridized carbons (Fsp3) is 0.0455. The minimum absolute atomic E-state index is 0.108. The quantitative estimate of drug-likeness (QED) is 0.0557. The number of aromatic hydroxyl groups is 1. The number of phenols is 1. The molecule has 0 aromatic heterocycles. The second kappa shape index (κ2) is 19.9. The number of carbonyl (C=O) groups excluding carboxylic acids is 2. The molecule has 0 aliphatic heterocycles. The van der Waals surface area contributed by atoms with E-state index in [-0.39, 0.29) is 68.4 Å². The van der Waals surface area contributed by atoms with Crippen molar-refractivity contribution in [1.82, 2.24) is 0 Å². The summed E-state index contributed by atoms with van der Waals surface area (Å²) in [5.41, 5.74) is 0.780. The van der Waals surface area contributed by atoms with E-state index in [1.165, 1.54) is 42.5 Å². The van der Waals surface area contributed by atoms with E-state index in [4.69, 9.17) is 48.9 Å². The fourth-order valence-electron chi connectivity index (χ4n) is 5.25. The lowest BCUT2D eigenvalue weighted by molar-refractivity contribution is 0.0683. The van der Waals surface area contributed by atoms with Crippen molar-refractivity contribution in [3.8, 4) is 46.7 Å². The maximum Gasteiger partial charge on any atom is 0.336 e. The molecule has 58 heavy (non-hydrogen) atoms. The molecule has 0 heterocycles. The summed E-state index contributed by atoms with van der Waals surface area (Å²) >= 11 is 13.0. The van der Waals surface area contributed by atoms with Crippen molar-refractivity contribution in [1.29, 1.82) is 0 Å². The summed E-state index contributed by atoms with van der Waals surface area (Å²) < 4.78 is 16.2. The van der Waals surface area contributed by atoms with Crippen LogP contribution < -0.4 is 24.8 Å². The van der Waals surface area contributed by atoms with E-state index >= 15 is 0 Å². The molecule has 6 aromatic rings. The maximum absolute atomic E-state index is 13.3. The SMILES string of the molecule is C#COc1ccc(C(=O)O)c(C(=O)Nc2ccc(-c3ccc(NC(=O)c4cc(OCCOc5ccccc5)ccc4C(=O)O)c(Cl)c3)cc2Cl)c1.Oc1ccccc1. The molecular weight excluding hydrogens is 787 g/mol. The molecule has 0 aliphatic carbocycles. The molecule has 2 amide bonds. The second-order valence-corrected chi connectivity index (χ2v) is 12.7. The third-order valence-electron chi connectivity index (χ3n) is 8.00. The first kappa shape index (κ1) is 41.7. The van der Waals surface area contributed by atoms with Crippen LogP contribution in [0.25, 0.3) is 11.1 Å². The molecule has 0 saturated heterocycles. The van der Waals surface area contributed by atoms with Gasteiger partial charge in [0.2, 0.25) is 0 Å². The summed E-state index contributed by atoms with van der Waals surface area (Å²) in [6, 6.07) is 35.2. The van der Waals surface area contributed by atoms with Crippen LogP contribution in [0.2, 0.25) is 10.0 Å². The molecule has 0 unspecified atom stereocenters. The summed E-state index contributed by atoms with van der Waals surface area (Å²) in [7, 11) is 0. The van der Waals surface area contributed by atoms with E-state index in [0.29, 0.717) is 22.6 Å². The minimum atomic E-state index is -1.32. The maximum atomic E-state index is 13.3. The number of carboxylic acids is 2. The van der Waals surface area contributed by atoms with E-state index in [0.717, 1.165) is 0 Å². The number of rotatable bonds is 13. The first-order valence-electron chi connectivity index (χ1n) is 17.1. The highest BCUT2D eigenvalue weighted by Crippen LogP contribution is 2.34. The Morgan fingerprint density at radius 3 is 1.43 bits per heavy atom. The van der Waals surface area contributed by atoms with Gasteiger partial charge in [-0.25, -0.2) is 9.59 Å². The van der Waals surface area contributed by atoms with Crippen LogP contribution in [0.3, 0.4) is 0 Å². The van der Waals surface area contributed by atoms with E-state index < -0.39 is 23.8 Å². The van der Waals surface area contributed by atoms with Gasteiger partial charge < -0.3 is 40.2 Å². The van der Waals surface area contributed by atoms with Gasteiger partial charge in [0.1, 0.15) is 42.3 Å². The lowest BCUT2D eigenvalue weighted by Gasteiger charge is -2.14. The van der Waals surface area contributed by atoms with Crippen LogP contribution in [-0.4, -0.2) is 52.3 Å². The van der Waals surface area contributed by atoms with Gasteiger partial charge in [-0.2, -0.15) is 0 Å². The zero-order valence-corrected chi connectivity index (χ0v) is 31.7. The number of aromatic carboxylic acids is 2. The molecule has 0 saturated carbocycles. The minimum Gasteiger partial charge on any atom is -0.508 e. The van der Waals surface area contributed by atoms with Crippen molar-refractivity contribution in [2.24, 2.45) is 0 Å². The Bertz CT molecular complexity index is 2490. The Labute approximate surface area is 342 Å². The van der Waals surface area contributed by atoms with Crippen LogP contribution in [0, 0.1) is 12.5 Å². The predicted molar refractivity (Wildman–Crippen MR) is 220 cm³/mol. The zero-order valence-electron chi connectivity index (χ0n) is 30.1. The molecule has 0 spiro atoms. The average molecular weight is 820 g/mol. The predicted octanol–water partition coefficient (Wildman–Crippen LogP) is 9.38. The van der Waals surface area contributed by atoms with E-state index in [1.54, 1.807) is 66.7 Å². The Balaban J connectivity index is 0.000000826. The van der Waals surface area contributed by atoms with Crippen LogP contribution >= 0.6 is 23.2 Å². The van der Waals surface area contributed by atoms with Gasteiger partial charge in [0, 0.05) is 0 Å². The average Bonchev–Trinajstić information content (AvgIpc) is 3.21. The van der Waals surface area contributed by atoms with E-state index in [2.05, 4.69) is 10.6 Å². The molecule has 0 fully saturated rings. The molecule has 6 rings (SSSR count). The highest BCUT2D eigenvalue weighted by Gasteiger charge is 2.21. The number of carbonyl (C=O) groups is 4. The van der Waals surface area contributed by atoms with Gasteiger partial charge in [-0.05, 0) is 96.1 Å². The van der Waals surface area contributed by atoms with Crippen LogP contribution in [0.15, 0.2) is 133 Å². The summed E-state index contributed by atoms with van der Waals surface area (Å²) in [6.07, 6.45) is 7.11. The summed E-state index contributed by atoms with van der Waals surface area (Å²) in [6.45, 7) is 0.373. The van der Waals surface area contributed by atoms with Crippen LogP contribution in [-0.2, 0) is 0 Å². The van der Waals surface area contributed by atoms with E-state index in [1.807, 2.05) is 30.4 Å². The number of amides is 2. The number of terminal acetylenes is 1. The molecule has 0 bridgehead atoms. The van der Waals surface area contributed by atoms with Crippen LogP contribution in [0.1, 0.15) is 41.4 Å². The number of hydrogen-bond acceptors (Lipinski definition) is 8. The van der Waals surface area contributed by atoms with Gasteiger partial charge in [0.05, 0.1) is 43.7 Å². The van der Waals surface area contributed by atoms with Crippen molar-refractivity contribution in [3.05, 3.63) is 166 Å². The third kappa shape index (κ3) is 11.3. The van der Waals surface area contributed by atoms with Crippen LogP contribution in [0.5, 0.6) is 23.0 Å². The number of nitrogens with one attached hydrogen (secondary N) is 2. The number of ether oxygens (including phenoxy) is 3. The van der Waals surface area contributed by atoms with Gasteiger partial charge in [-0.1, -0.05) is 78.2 Å². The number of carboxylic acid groups (broad SMARTS) is 2. The summed E-state index contributed by atoms with van der Waals surface area (Å²) in [5, 5.41) is 33.4. The van der Waals surface area contributed by atoms with Gasteiger partial charge >= 0.3 is 11.9 Å². The molecular formula is C44H32Cl2N2O10. The molecule has 12 nitrogen and oxygen atoms in total. The zero-order chi connectivity index (χ0) is 41.6. The number of benzene rings is 6. The lowest BCUT2D eigenvalue weighted by atomic mass is 10.0. The largest absolute Gasteiger partial charge is 0.508 e. The Morgan fingerprint density at radius 1 is 0.552 bits per heavy atom. The number of hydrogen-bond donors (Lipinski definition) is 5. The molecule has 292 valence electrons. The molecule has 0 atom stereocenters. The monoisotopic (exact) mass is 818 g/mol. The molecule has 14 heteroatoms. The van der Waals surface area contributed by atoms with E-state index in [9.17, 15) is 29.4 Å². The number of phenolic OH excluding ortho intramolecular Hbond substituents is 1. The number of anilines is 2. The highest BCUT2D eigenvalue weighted by atomic mass is 35.5. The first-order chi connectivity index (χ1) is 27.9. The molecule has 6 aromatic carbocycles. The summed E-state index contributed by atoms with van der Waals surface area (Å²) in [4.78, 5) is 49.9. The highest BCUT2D eigenvalue weighted by molar-refractivity contribution is 6.35. The van der Waals surface area contributed by atoms with Gasteiger partial charge in [0.25, 0.3) is 11.8 Å². The normalized spacial score (nSPS) is 10.2. The smallest absolute Gasteiger partial charge is 0.336 e. The lowest BCUT2D eigenvalue weighted by Crippen LogP contribution is -2.17.